The molecule has 0 aliphatic heterocycles. The normalized spacial score (nSPS) is 9.47. The van der Waals surface area contributed by atoms with Gasteiger partial charge in [-0.3, -0.25) is 4.98 Å². The van der Waals surface area contributed by atoms with Crippen molar-refractivity contribution >= 4 is 6.08 Å². The maximum Gasteiger partial charge on any atom is 0.0708 e. The minimum Gasteiger partial charge on any atom is -0.256 e. The zero-order chi connectivity index (χ0) is 21.8. The molecule has 0 atom stereocenters. The van der Waals surface area contributed by atoms with Crippen LogP contribution in [0.15, 0.2) is 104 Å². The lowest BCUT2D eigenvalue weighted by Crippen LogP contribution is -1.86. The Morgan fingerprint density at radius 1 is 0.600 bits per heavy atom. The van der Waals surface area contributed by atoms with Crippen molar-refractivity contribution in [3.05, 3.63) is 132 Å². The van der Waals surface area contributed by atoms with E-state index in [0.717, 1.165) is 16.8 Å². The van der Waals surface area contributed by atoms with Crippen molar-refractivity contribution in [2.45, 2.75) is 27.7 Å². The van der Waals surface area contributed by atoms with Gasteiger partial charge in [0.05, 0.1) is 5.69 Å². The summed E-state index contributed by atoms with van der Waals surface area (Å²) in [6.45, 7) is 12.2. The van der Waals surface area contributed by atoms with E-state index in [1.54, 1.807) is 0 Å². The van der Waals surface area contributed by atoms with Crippen molar-refractivity contribution in [3.8, 4) is 11.3 Å². The molecule has 0 spiro atoms. The zero-order valence-electron chi connectivity index (χ0n) is 18.5. The van der Waals surface area contributed by atoms with E-state index < -0.39 is 0 Å². The maximum atomic E-state index is 4.41. The van der Waals surface area contributed by atoms with Gasteiger partial charge in [-0.15, -0.1) is 0 Å². The predicted octanol–water partition coefficient (Wildman–Crippen LogP) is 8.00. The lowest BCUT2D eigenvalue weighted by Gasteiger charge is -2.04. The molecule has 0 aliphatic rings. The number of aryl methyl sites for hydroxylation is 4. The van der Waals surface area contributed by atoms with Gasteiger partial charge in [0, 0.05) is 11.8 Å². The Hall–Kier alpha value is -3.45. The van der Waals surface area contributed by atoms with Gasteiger partial charge in [0.25, 0.3) is 0 Å². The topological polar surface area (TPSA) is 12.9 Å². The van der Waals surface area contributed by atoms with Gasteiger partial charge < -0.3 is 0 Å². The molecule has 1 nitrogen and oxygen atoms in total. The molecule has 0 amide bonds. The summed E-state index contributed by atoms with van der Waals surface area (Å²) >= 11 is 0. The second kappa shape index (κ2) is 12.2. The van der Waals surface area contributed by atoms with Crippen LogP contribution in [0.4, 0.5) is 0 Å². The molecular formula is C29H31N. The van der Waals surface area contributed by atoms with Gasteiger partial charge in [-0.1, -0.05) is 103 Å². The standard InChI is InChI=1S/C14H13N.C8H10.C7H8/c1-3-12-6-4-5-7-13(12)14-9-8-11(2)10-15-14;1-7-5-3-4-6-8(7)2;1-7-5-3-2-4-6-7/h3-10H,1H2,2H3;3-6H,1-2H3;2-6H,1H3. The van der Waals surface area contributed by atoms with Crippen molar-refractivity contribution in [2.24, 2.45) is 0 Å². The third-order valence-corrected chi connectivity index (χ3v) is 4.73. The van der Waals surface area contributed by atoms with Crippen molar-refractivity contribution in [3.63, 3.8) is 0 Å². The SMILES string of the molecule is C=Cc1ccccc1-c1ccc(C)cn1.Cc1ccccc1.Cc1ccccc1C. The van der Waals surface area contributed by atoms with E-state index in [4.69, 9.17) is 0 Å². The Morgan fingerprint density at radius 3 is 1.63 bits per heavy atom. The number of nitrogens with zero attached hydrogens (tertiary/aromatic N) is 1. The van der Waals surface area contributed by atoms with E-state index in [1.807, 2.05) is 61.7 Å². The molecule has 0 unspecified atom stereocenters. The minimum atomic E-state index is 0.996. The summed E-state index contributed by atoms with van der Waals surface area (Å²) in [6.07, 6.45) is 3.74. The number of pyridine rings is 1. The van der Waals surface area contributed by atoms with E-state index in [9.17, 15) is 0 Å². The van der Waals surface area contributed by atoms with E-state index in [2.05, 4.69) is 80.9 Å². The van der Waals surface area contributed by atoms with Gasteiger partial charge in [-0.2, -0.15) is 0 Å². The van der Waals surface area contributed by atoms with E-state index in [0.29, 0.717) is 0 Å². The van der Waals surface area contributed by atoms with E-state index in [1.165, 1.54) is 22.3 Å². The third-order valence-electron chi connectivity index (χ3n) is 4.73. The smallest absolute Gasteiger partial charge is 0.0708 e. The van der Waals surface area contributed by atoms with Crippen LogP contribution in [0.3, 0.4) is 0 Å². The Bertz CT molecular complexity index is 1010. The van der Waals surface area contributed by atoms with Crippen molar-refractivity contribution < 1.29 is 0 Å². The largest absolute Gasteiger partial charge is 0.256 e. The van der Waals surface area contributed by atoms with Crippen LogP contribution in [0.25, 0.3) is 17.3 Å². The molecule has 0 aliphatic carbocycles. The Morgan fingerprint density at radius 2 is 1.17 bits per heavy atom. The van der Waals surface area contributed by atoms with Gasteiger partial charge in [-0.25, -0.2) is 0 Å². The van der Waals surface area contributed by atoms with Crippen LogP contribution < -0.4 is 0 Å². The number of hydrogen-bond acceptors (Lipinski definition) is 1. The Balaban J connectivity index is 0.000000179. The molecule has 0 radical (unpaired) electrons. The lowest BCUT2D eigenvalue weighted by molar-refractivity contribution is 1.27. The molecule has 0 fully saturated rings. The van der Waals surface area contributed by atoms with E-state index >= 15 is 0 Å². The third kappa shape index (κ3) is 7.52. The Labute approximate surface area is 181 Å². The summed E-state index contributed by atoms with van der Waals surface area (Å²) in [5.74, 6) is 0. The quantitative estimate of drug-likeness (QED) is 0.336. The highest BCUT2D eigenvalue weighted by molar-refractivity contribution is 5.72. The molecule has 0 saturated heterocycles. The summed E-state index contributed by atoms with van der Waals surface area (Å²) in [7, 11) is 0. The van der Waals surface area contributed by atoms with Crippen molar-refractivity contribution in [2.75, 3.05) is 0 Å². The van der Waals surface area contributed by atoms with Crippen molar-refractivity contribution in [1.29, 1.82) is 0 Å². The number of aromatic nitrogens is 1. The van der Waals surface area contributed by atoms with Crippen LogP contribution in [0.1, 0.15) is 27.8 Å². The molecule has 4 rings (SSSR count). The summed E-state index contributed by atoms with van der Waals surface area (Å²) in [5.41, 5.74) is 8.48. The van der Waals surface area contributed by atoms with E-state index in [-0.39, 0.29) is 0 Å². The second-order valence-corrected chi connectivity index (χ2v) is 7.25. The molecule has 4 aromatic rings. The molecule has 0 N–H and O–H groups in total. The fourth-order valence-electron chi connectivity index (χ4n) is 2.73. The average molecular weight is 394 g/mol. The summed E-state index contributed by atoms with van der Waals surface area (Å²) in [4.78, 5) is 4.41. The van der Waals surface area contributed by atoms with Gasteiger partial charge >= 0.3 is 0 Å². The number of benzene rings is 3. The molecule has 0 bridgehead atoms. The molecule has 3 aromatic carbocycles. The van der Waals surface area contributed by atoms with Crippen LogP contribution in [-0.4, -0.2) is 4.98 Å². The first-order valence-corrected chi connectivity index (χ1v) is 10.2. The van der Waals surface area contributed by atoms with Gasteiger partial charge in [-0.05, 0) is 56.0 Å². The van der Waals surface area contributed by atoms with Gasteiger partial charge in [0.1, 0.15) is 0 Å². The molecule has 152 valence electrons. The summed E-state index contributed by atoms with van der Waals surface area (Å²) < 4.78 is 0. The van der Waals surface area contributed by atoms with Crippen LogP contribution in [0, 0.1) is 27.7 Å². The molecule has 1 heterocycles. The fourth-order valence-corrected chi connectivity index (χ4v) is 2.73. The molecule has 30 heavy (non-hydrogen) atoms. The maximum absolute atomic E-state index is 4.41. The minimum absolute atomic E-state index is 0.996. The van der Waals surface area contributed by atoms with Crippen molar-refractivity contribution in [1.82, 2.24) is 4.98 Å². The van der Waals surface area contributed by atoms with Crippen LogP contribution in [-0.2, 0) is 0 Å². The molecule has 1 aromatic heterocycles. The zero-order valence-corrected chi connectivity index (χ0v) is 18.5. The van der Waals surface area contributed by atoms with Crippen LogP contribution in [0.5, 0.6) is 0 Å². The Kier molecular flexibility index (Phi) is 9.27. The highest BCUT2D eigenvalue weighted by Gasteiger charge is 2.01. The monoisotopic (exact) mass is 393 g/mol. The molecule has 1 heteroatoms. The first kappa shape index (κ1) is 22.8. The van der Waals surface area contributed by atoms with Gasteiger partial charge in [0.15, 0.2) is 0 Å². The highest BCUT2D eigenvalue weighted by Crippen LogP contribution is 2.22. The lowest BCUT2D eigenvalue weighted by atomic mass is 10.0. The highest BCUT2D eigenvalue weighted by atomic mass is 14.7. The van der Waals surface area contributed by atoms with Crippen LogP contribution in [0.2, 0.25) is 0 Å². The number of rotatable bonds is 2. The fraction of sp³-hybridized carbons (Fsp3) is 0.138. The first-order valence-electron chi connectivity index (χ1n) is 10.2. The summed E-state index contributed by atoms with van der Waals surface area (Å²) in [6, 6.07) is 30.9. The second-order valence-electron chi connectivity index (χ2n) is 7.25. The van der Waals surface area contributed by atoms with Crippen LogP contribution >= 0.6 is 0 Å². The summed E-state index contributed by atoms with van der Waals surface area (Å²) in [5, 5.41) is 0. The first-order chi connectivity index (χ1) is 14.5. The van der Waals surface area contributed by atoms with Gasteiger partial charge in [0.2, 0.25) is 0 Å². The average Bonchev–Trinajstić information content (AvgIpc) is 2.78. The molecular weight excluding hydrogens is 362 g/mol. The molecule has 0 saturated carbocycles. The number of hydrogen-bond donors (Lipinski definition) is 0. The predicted molar refractivity (Wildman–Crippen MR) is 132 cm³/mol.